The molecule has 2 aromatic heterocycles. The number of hydrogen-bond acceptors (Lipinski definition) is 6. The average molecular weight is 570 g/mol. The van der Waals surface area contributed by atoms with E-state index in [2.05, 4.69) is 22.2 Å². The van der Waals surface area contributed by atoms with Gasteiger partial charge in [0, 0.05) is 36.4 Å². The summed E-state index contributed by atoms with van der Waals surface area (Å²) in [4.78, 5) is 34.5. The van der Waals surface area contributed by atoms with Crippen LogP contribution in [0.25, 0.3) is 16.8 Å². The Morgan fingerprint density at radius 2 is 1.74 bits per heavy atom. The Labute approximate surface area is 239 Å². The summed E-state index contributed by atoms with van der Waals surface area (Å²) in [6.07, 6.45) is 5.91. The van der Waals surface area contributed by atoms with E-state index in [-0.39, 0.29) is 48.0 Å². The summed E-state index contributed by atoms with van der Waals surface area (Å²) in [5.41, 5.74) is 6.20. The minimum atomic E-state index is -0.209. The smallest absolute Gasteiger partial charge is 0.233 e. The molecule has 1 aromatic carbocycles. The fourth-order valence-electron chi connectivity index (χ4n) is 7.06. The van der Waals surface area contributed by atoms with Gasteiger partial charge in [-0.15, -0.1) is 12.4 Å². The number of piperidine rings is 2. The molecule has 3 aliphatic heterocycles. The van der Waals surface area contributed by atoms with Crippen molar-refractivity contribution < 1.29 is 9.59 Å². The molecule has 2 atom stereocenters. The first kappa shape index (κ1) is 26.7. The van der Waals surface area contributed by atoms with Gasteiger partial charge in [-0.25, -0.2) is 9.50 Å². The Balaban J connectivity index is 0.00000277. The quantitative estimate of drug-likeness (QED) is 0.466. The number of aromatic nitrogens is 3. The van der Waals surface area contributed by atoms with Gasteiger partial charge in [0.2, 0.25) is 11.8 Å². The fraction of sp³-hybridized carbons (Fsp3) is 0.517. The Hall–Kier alpha value is -2.52. The van der Waals surface area contributed by atoms with Crippen LogP contribution in [0, 0.1) is 29.6 Å². The number of carbonyl (C=O) groups is 2. The van der Waals surface area contributed by atoms with Gasteiger partial charge in [-0.1, -0.05) is 25.4 Å². The maximum atomic E-state index is 12.9. The van der Waals surface area contributed by atoms with Crippen LogP contribution in [0.3, 0.4) is 0 Å². The first-order valence-corrected chi connectivity index (χ1v) is 13.9. The summed E-state index contributed by atoms with van der Waals surface area (Å²) < 4.78 is 1.79. The average Bonchev–Trinajstić information content (AvgIpc) is 3.10. The zero-order chi connectivity index (χ0) is 26.4. The van der Waals surface area contributed by atoms with Gasteiger partial charge in [-0.05, 0) is 78.6 Å². The zero-order valence-corrected chi connectivity index (χ0v) is 24.1. The predicted molar refractivity (Wildman–Crippen MR) is 152 cm³/mol. The SMILES string of the molecule is Cc1cc(Cl)cc(-c2ncnn3cc(CN4C(=O)C5C(C4=O)C5(C)C)cc23)c1CN1CCC2(CC1)CNC2.Cl. The highest BCUT2D eigenvalue weighted by molar-refractivity contribution is 6.31. The molecule has 2 amide bonds. The molecule has 3 aromatic rings. The van der Waals surface area contributed by atoms with Crippen LogP contribution in [-0.4, -0.2) is 62.4 Å². The van der Waals surface area contributed by atoms with Gasteiger partial charge >= 0.3 is 0 Å². The van der Waals surface area contributed by atoms with Gasteiger partial charge in [0.05, 0.1) is 29.6 Å². The number of aryl methyl sites for hydroxylation is 1. The van der Waals surface area contributed by atoms with Crippen molar-refractivity contribution in [2.75, 3.05) is 26.2 Å². The maximum absolute atomic E-state index is 12.9. The van der Waals surface area contributed by atoms with Crippen molar-refractivity contribution in [1.29, 1.82) is 0 Å². The van der Waals surface area contributed by atoms with E-state index < -0.39 is 0 Å². The number of likely N-dealkylation sites (tertiary alicyclic amines) is 2. The third-order valence-corrected chi connectivity index (χ3v) is 9.90. The van der Waals surface area contributed by atoms with E-state index in [4.69, 9.17) is 16.6 Å². The molecule has 1 saturated carbocycles. The molecule has 3 saturated heterocycles. The molecular weight excluding hydrogens is 535 g/mol. The second-order valence-corrected chi connectivity index (χ2v) is 12.9. The Morgan fingerprint density at radius 1 is 1.05 bits per heavy atom. The first-order chi connectivity index (χ1) is 18.2. The van der Waals surface area contributed by atoms with E-state index in [1.54, 1.807) is 10.8 Å². The van der Waals surface area contributed by atoms with Crippen LogP contribution >= 0.6 is 24.0 Å². The van der Waals surface area contributed by atoms with E-state index in [0.29, 0.717) is 10.4 Å². The molecule has 4 aliphatic rings. The number of imide groups is 1. The van der Waals surface area contributed by atoms with Crippen molar-refractivity contribution in [1.82, 2.24) is 29.7 Å². The highest BCUT2D eigenvalue weighted by Crippen LogP contribution is 2.63. The van der Waals surface area contributed by atoms with Crippen LogP contribution in [0.15, 0.2) is 30.7 Å². The largest absolute Gasteiger partial charge is 0.316 e. The number of fused-ring (bicyclic) bond motifs is 2. The Kier molecular flexibility index (Phi) is 6.34. The maximum Gasteiger partial charge on any atom is 0.233 e. The van der Waals surface area contributed by atoms with Crippen molar-refractivity contribution in [3.63, 3.8) is 0 Å². The van der Waals surface area contributed by atoms with Crippen LogP contribution < -0.4 is 5.32 Å². The highest BCUT2D eigenvalue weighted by Gasteiger charge is 2.72. The lowest BCUT2D eigenvalue weighted by atomic mass is 9.73. The van der Waals surface area contributed by atoms with E-state index in [9.17, 15) is 9.59 Å². The molecule has 1 spiro atoms. The highest BCUT2D eigenvalue weighted by atomic mass is 35.5. The van der Waals surface area contributed by atoms with Crippen LogP contribution in [0.4, 0.5) is 0 Å². The lowest BCUT2D eigenvalue weighted by Crippen LogP contribution is -2.58. The minimum Gasteiger partial charge on any atom is -0.316 e. The zero-order valence-electron chi connectivity index (χ0n) is 22.5. The lowest BCUT2D eigenvalue weighted by Gasteiger charge is -2.48. The summed E-state index contributed by atoms with van der Waals surface area (Å²) in [6.45, 7) is 11.7. The third-order valence-electron chi connectivity index (χ3n) is 9.69. The number of carbonyl (C=O) groups excluding carboxylic acids is 2. The van der Waals surface area contributed by atoms with Crippen LogP contribution in [0.2, 0.25) is 5.02 Å². The molecule has 4 fully saturated rings. The van der Waals surface area contributed by atoms with Gasteiger partial charge < -0.3 is 5.32 Å². The number of halogens is 2. The minimum absolute atomic E-state index is 0. The van der Waals surface area contributed by atoms with Gasteiger partial charge in [-0.2, -0.15) is 5.10 Å². The molecule has 1 N–H and O–H groups in total. The Morgan fingerprint density at radius 3 is 2.38 bits per heavy atom. The van der Waals surface area contributed by atoms with Crippen molar-refractivity contribution in [3.8, 4) is 11.3 Å². The summed E-state index contributed by atoms with van der Waals surface area (Å²) in [5, 5.41) is 8.56. The number of hydrogen-bond donors (Lipinski definition) is 1. The number of nitrogens with zero attached hydrogens (tertiary/aromatic N) is 5. The van der Waals surface area contributed by atoms with Crippen molar-refractivity contribution in [2.45, 2.75) is 46.7 Å². The summed E-state index contributed by atoms with van der Waals surface area (Å²) >= 11 is 6.57. The Bertz CT molecular complexity index is 1460. The topological polar surface area (TPSA) is 82.8 Å². The van der Waals surface area contributed by atoms with E-state index in [1.807, 2.05) is 38.2 Å². The first-order valence-electron chi connectivity index (χ1n) is 13.6. The van der Waals surface area contributed by atoms with Crippen LogP contribution in [0.5, 0.6) is 0 Å². The van der Waals surface area contributed by atoms with Gasteiger partial charge in [0.1, 0.15) is 6.33 Å². The number of nitrogens with one attached hydrogen (secondary N) is 1. The monoisotopic (exact) mass is 568 g/mol. The van der Waals surface area contributed by atoms with E-state index in [0.717, 1.165) is 60.6 Å². The lowest BCUT2D eigenvalue weighted by molar-refractivity contribution is -0.143. The van der Waals surface area contributed by atoms with Gasteiger partial charge in [0.15, 0.2) is 0 Å². The molecule has 206 valence electrons. The molecule has 8 nitrogen and oxygen atoms in total. The normalized spacial score (nSPS) is 25.1. The van der Waals surface area contributed by atoms with Crippen molar-refractivity contribution >= 4 is 41.3 Å². The van der Waals surface area contributed by atoms with E-state index >= 15 is 0 Å². The van der Waals surface area contributed by atoms with E-state index in [1.165, 1.54) is 23.3 Å². The van der Waals surface area contributed by atoms with Gasteiger partial charge in [-0.3, -0.25) is 19.4 Å². The molecule has 39 heavy (non-hydrogen) atoms. The molecule has 10 heteroatoms. The van der Waals surface area contributed by atoms with Crippen LogP contribution in [-0.2, 0) is 22.7 Å². The predicted octanol–water partition coefficient (Wildman–Crippen LogP) is 4.11. The number of benzene rings is 1. The third kappa shape index (κ3) is 4.19. The summed E-state index contributed by atoms with van der Waals surface area (Å²) in [5.74, 6) is -0.463. The van der Waals surface area contributed by atoms with Crippen molar-refractivity contribution in [3.05, 3.63) is 52.4 Å². The summed E-state index contributed by atoms with van der Waals surface area (Å²) in [6, 6.07) is 6.03. The number of rotatable bonds is 5. The fourth-order valence-corrected chi connectivity index (χ4v) is 7.33. The van der Waals surface area contributed by atoms with Crippen molar-refractivity contribution in [2.24, 2.45) is 22.7 Å². The van der Waals surface area contributed by atoms with Gasteiger partial charge in [0.25, 0.3) is 0 Å². The second-order valence-electron chi connectivity index (χ2n) is 12.5. The summed E-state index contributed by atoms with van der Waals surface area (Å²) in [7, 11) is 0. The molecule has 2 unspecified atom stereocenters. The van der Waals surface area contributed by atoms with Crippen LogP contribution in [0.1, 0.15) is 43.4 Å². The molecular formula is C29H34Cl2N6O2. The molecule has 0 bridgehead atoms. The number of amides is 2. The second kappa shape index (κ2) is 9.26. The molecule has 7 rings (SSSR count). The molecule has 0 radical (unpaired) electrons. The molecule has 5 heterocycles. The standard InChI is InChI=1S/C29H33ClN6O2.ClH/c1-17-8-19(30)10-20(21(17)13-34-6-4-29(5-7-34)14-31-15-29)25-22-9-18(12-36(22)33-16-32-25)11-35-26(37)23-24(27(35)38)28(23,2)3;/h8-10,12,16,23-24,31H,4-7,11,13-15H2,1-3H3;1H. The molecule has 1 aliphatic carbocycles.